The summed E-state index contributed by atoms with van der Waals surface area (Å²) in [6.45, 7) is 35.8. The topological polar surface area (TPSA) is 0 Å². The van der Waals surface area contributed by atoms with E-state index in [9.17, 15) is 0 Å². The molecule has 0 aromatic rings. The molecule has 8 aliphatic carbocycles. The third-order valence-electron chi connectivity index (χ3n) is 14.8. The summed E-state index contributed by atoms with van der Waals surface area (Å²) in [7, 11) is 0. The molecule has 0 N–H and O–H groups in total. The number of hydrogen-bond donors (Lipinski definition) is 0. The van der Waals surface area contributed by atoms with Gasteiger partial charge in [-0.15, -0.1) is 0 Å². The van der Waals surface area contributed by atoms with Gasteiger partial charge < -0.3 is 0 Å². The van der Waals surface area contributed by atoms with Crippen molar-refractivity contribution in [2.24, 2.45) is 0 Å². The number of hydrogen-bond acceptors (Lipinski definition) is 0. The van der Waals surface area contributed by atoms with Gasteiger partial charge in [-0.1, -0.05) is 111 Å². The van der Waals surface area contributed by atoms with Gasteiger partial charge in [0.2, 0.25) is 0 Å². The Bertz CT molecular complexity index is 958. The molecule has 0 amide bonds. The minimum absolute atomic E-state index is 0. The quantitative estimate of drug-likeness (QED) is 0.213. The monoisotopic (exact) mass is 1020 g/mol. The van der Waals surface area contributed by atoms with Gasteiger partial charge in [-0.05, 0) is 270 Å². The molecule has 0 aromatic heterocycles. The largest absolute Gasteiger partial charge is 2.00 e. The van der Waals surface area contributed by atoms with Crippen LogP contribution >= 0.6 is 0 Å². The Morgan fingerprint density at radius 3 is 0.406 bits per heavy atom. The van der Waals surface area contributed by atoms with Gasteiger partial charge in [0.05, 0.1) is 0 Å². The van der Waals surface area contributed by atoms with E-state index in [1.807, 2.05) is 0 Å². The van der Waals surface area contributed by atoms with Crippen molar-refractivity contribution in [2.75, 3.05) is 0 Å². The van der Waals surface area contributed by atoms with Crippen LogP contribution in [-0.2, 0) is 68.3 Å². The maximum atomic E-state index is 2.24. The molecule has 336 valence electrons. The van der Waals surface area contributed by atoms with Gasteiger partial charge >= 0.3 is 68.3 Å². The smallest absolute Gasteiger partial charge is 0.0579 e. The molecular formula is C60H72Fe4+8. The van der Waals surface area contributed by atoms with Crippen molar-refractivity contribution in [1.82, 2.24) is 0 Å². The first-order valence-corrected chi connectivity index (χ1v) is 22.1. The summed E-state index contributed by atoms with van der Waals surface area (Å²) in [6.07, 6.45) is 38.9. The maximum Gasteiger partial charge on any atom is 2.00 e. The molecule has 0 aromatic carbocycles. The summed E-state index contributed by atoms with van der Waals surface area (Å²) >= 11 is 0. The molecule has 64 heavy (non-hydrogen) atoms. The van der Waals surface area contributed by atoms with Crippen LogP contribution in [0.4, 0.5) is 0 Å². The third kappa shape index (κ3) is 16.0. The third-order valence-corrected chi connectivity index (χ3v) is 14.8. The normalized spacial score (nSPS) is 27.8. The Morgan fingerprint density at radius 1 is 0.188 bits per heavy atom. The Balaban J connectivity index is 0.000000418. The van der Waals surface area contributed by atoms with Crippen LogP contribution in [-0.4, -0.2) is 0 Å². The molecule has 0 spiro atoms. The van der Waals surface area contributed by atoms with E-state index in [1.54, 1.807) is 0 Å². The van der Waals surface area contributed by atoms with Crippen LogP contribution in [0.1, 0.15) is 136 Å². The van der Waals surface area contributed by atoms with Gasteiger partial charge in [-0.25, -0.2) is 0 Å². The zero-order valence-electron chi connectivity index (χ0n) is 41.5. The minimum Gasteiger partial charge on any atom is -0.0579 e. The van der Waals surface area contributed by atoms with Gasteiger partial charge in [0.1, 0.15) is 0 Å². The molecule has 8 rings (SSSR count). The predicted molar refractivity (Wildman–Crippen MR) is 256 cm³/mol. The van der Waals surface area contributed by atoms with E-state index >= 15 is 0 Å². The number of rotatable bonds is 8. The summed E-state index contributed by atoms with van der Waals surface area (Å²) in [5.74, 6) is 35.3. The van der Waals surface area contributed by atoms with Gasteiger partial charge in [0, 0.05) is 0 Å². The molecule has 8 fully saturated rings. The maximum absolute atomic E-state index is 2.24. The molecule has 0 aliphatic heterocycles. The molecule has 0 heterocycles. The molecular weight excluding hydrogens is 944 g/mol. The summed E-state index contributed by atoms with van der Waals surface area (Å²) < 4.78 is 0. The van der Waals surface area contributed by atoms with E-state index in [4.69, 9.17) is 0 Å². The Kier molecular flexibility index (Phi) is 30.2. The predicted octanol–water partition coefficient (Wildman–Crippen LogP) is 15.0. The van der Waals surface area contributed by atoms with Crippen LogP contribution in [0.3, 0.4) is 0 Å². The van der Waals surface area contributed by atoms with E-state index in [2.05, 4.69) is 214 Å². The standard InChI is InChI=1S/4C15H18.4Fe/c4*1-10-11(2)13(4)15(12(10)3)9-14-7-5-6-8-14;;;;/h4*5-8H,9H2,1-4H3;;;;/q;;;;4*+2. The van der Waals surface area contributed by atoms with Crippen molar-refractivity contribution < 1.29 is 68.3 Å². The first-order chi connectivity index (χ1) is 28.4. The van der Waals surface area contributed by atoms with Gasteiger partial charge in [-0.2, -0.15) is 0 Å². The fourth-order valence-corrected chi connectivity index (χ4v) is 9.19. The van der Waals surface area contributed by atoms with E-state index in [1.165, 1.54) is 142 Å². The van der Waals surface area contributed by atoms with Crippen molar-refractivity contribution in [2.45, 2.75) is 136 Å². The van der Waals surface area contributed by atoms with Crippen molar-refractivity contribution in [3.63, 3.8) is 0 Å². The van der Waals surface area contributed by atoms with Gasteiger partial charge in [0.15, 0.2) is 0 Å². The average Bonchev–Trinajstić information content (AvgIpc) is 4.14. The molecule has 4 heteroatoms. The Morgan fingerprint density at radius 2 is 0.297 bits per heavy atom. The SMILES string of the molecule is C[C]1[C](C)[C](C)[C](C[C]2[CH][CH][CH][CH]2)[C]1C.C[C]1[C](C)[C](C)[C](C[C]2[CH][CH][CH][CH]2)[C]1C.C[C]1[C](C)[C](C)[C](C[C]2[CH][CH][CH][CH]2)[C]1C.C[C]1[C](C)[C](C)[C](C[C]2[CH][CH][CH][CH]2)[C]1C.[Fe+2].[Fe+2].[Fe+2].[Fe+2]. The molecule has 40 radical (unpaired) electrons. The van der Waals surface area contributed by atoms with Crippen LogP contribution in [0.25, 0.3) is 0 Å². The van der Waals surface area contributed by atoms with Crippen LogP contribution < -0.4 is 0 Å². The van der Waals surface area contributed by atoms with E-state index in [-0.39, 0.29) is 68.3 Å². The zero-order chi connectivity index (χ0) is 44.0. The van der Waals surface area contributed by atoms with E-state index < -0.39 is 0 Å². The van der Waals surface area contributed by atoms with Gasteiger partial charge in [0.25, 0.3) is 0 Å². The van der Waals surface area contributed by atoms with Crippen molar-refractivity contribution in [3.05, 3.63) is 245 Å². The van der Waals surface area contributed by atoms with Crippen LogP contribution in [0.15, 0.2) is 0 Å². The fourth-order valence-electron chi connectivity index (χ4n) is 9.19. The molecule has 8 aliphatic rings. The molecule has 8 saturated carbocycles. The van der Waals surface area contributed by atoms with Crippen molar-refractivity contribution >= 4 is 0 Å². The van der Waals surface area contributed by atoms with Crippen LogP contribution in [0, 0.1) is 245 Å². The van der Waals surface area contributed by atoms with Crippen molar-refractivity contribution in [3.8, 4) is 0 Å². The first kappa shape index (κ1) is 64.1. The summed E-state index contributed by atoms with van der Waals surface area (Å²) in [5.41, 5.74) is 0. The van der Waals surface area contributed by atoms with Crippen molar-refractivity contribution in [1.29, 1.82) is 0 Å². The summed E-state index contributed by atoms with van der Waals surface area (Å²) in [4.78, 5) is 0. The molecule has 0 bridgehead atoms. The van der Waals surface area contributed by atoms with Crippen LogP contribution in [0.2, 0.25) is 0 Å². The van der Waals surface area contributed by atoms with Crippen LogP contribution in [0.5, 0.6) is 0 Å². The second-order valence-corrected chi connectivity index (χ2v) is 17.8. The summed E-state index contributed by atoms with van der Waals surface area (Å²) in [5, 5.41) is 0. The first-order valence-electron chi connectivity index (χ1n) is 22.1. The zero-order valence-corrected chi connectivity index (χ0v) is 45.9. The molecule has 0 unspecified atom stereocenters. The minimum atomic E-state index is 0. The second kappa shape index (κ2) is 30.2. The average molecular weight is 1020 g/mol. The molecule has 0 nitrogen and oxygen atoms in total. The Hall–Kier alpha value is 2.08. The van der Waals surface area contributed by atoms with E-state index in [0.717, 1.165) is 25.7 Å². The summed E-state index contributed by atoms with van der Waals surface area (Å²) in [6, 6.07) is 0. The van der Waals surface area contributed by atoms with E-state index in [0.29, 0.717) is 0 Å². The molecule has 0 saturated heterocycles. The molecule has 0 atom stereocenters. The fraction of sp³-hybridized carbons (Fsp3) is 0.333. The Labute approximate surface area is 446 Å². The van der Waals surface area contributed by atoms with Gasteiger partial charge in [-0.3, -0.25) is 0 Å². The second-order valence-electron chi connectivity index (χ2n) is 17.8.